The number of benzene rings is 2. The lowest BCUT2D eigenvalue weighted by Crippen LogP contribution is -2.00. The van der Waals surface area contributed by atoms with Gasteiger partial charge in [-0.3, -0.25) is 0 Å². The fraction of sp³-hybridized carbons (Fsp3) is 0.105. The van der Waals surface area contributed by atoms with Gasteiger partial charge in [-0.05, 0) is 23.4 Å². The molecular weight excluding hydrogens is 354 g/mol. The lowest BCUT2D eigenvalue weighted by atomic mass is 10.2. The van der Waals surface area contributed by atoms with Gasteiger partial charge in [0.25, 0.3) is 6.43 Å². The number of fused-ring (bicyclic) bond motifs is 1. The van der Waals surface area contributed by atoms with Gasteiger partial charge >= 0.3 is 0 Å². The summed E-state index contributed by atoms with van der Waals surface area (Å²) in [5.41, 5.74) is 2.48. The zero-order valence-corrected chi connectivity index (χ0v) is 14.6. The molecule has 2 heterocycles. The van der Waals surface area contributed by atoms with Crippen molar-refractivity contribution in [2.75, 3.05) is 0 Å². The number of alkyl halides is 2. The van der Waals surface area contributed by atoms with Crippen molar-refractivity contribution in [2.45, 2.75) is 16.6 Å². The topological polar surface area (TPSA) is 43.6 Å². The van der Waals surface area contributed by atoms with Crippen LogP contribution in [0.1, 0.15) is 12.2 Å². The predicted octanol–water partition coefficient (Wildman–Crippen LogP) is 5.12. The van der Waals surface area contributed by atoms with Crippen LogP contribution >= 0.6 is 11.8 Å². The van der Waals surface area contributed by atoms with Crippen LogP contribution in [-0.4, -0.2) is 19.5 Å². The van der Waals surface area contributed by atoms with Crippen LogP contribution in [0.15, 0.2) is 71.0 Å². The van der Waals surface area contributed by atoms with Crippen LogP contribution in [0.2, 0.25) is 0 Å². The zero-order valence-electron chi connectivity index (χ0n) is 13.8. The monoisotopic (exact) mass is 368 g/mol. The highest BCUT2D eigenvalue weighted by atomic mass is 32.2. The molecule has 0 saturated heterocycles. The van der Waals surface area contributed by atoms with E-state index < -0.39 is 12.2 Å². The van der Waals surface area contributed by atoms with E-state index in [1.165, 1.54) is 11.8 Å². The molecule has 2 aromatic carbocycles. The minimum absolute atomic E-state index is 0.469. The van der Waals surface area contributed by atoms with Crippen molar-refractivity contribution in [3.63, 3.8) is 0 Å². The van der Waals surface area contributed by atoms with Gasteiger partial charge in [-0.15, -0.1) is 0 Å². The Balaban J connectivity index is 1.77. The summed E-state index contributed by atoms with van der Waals surface area (Å²) in [7, 11) is 1.90. The molecule has 0 spiro atoms. The highest BCUT2D eigenvalue weighted by Gasteiger charge is 2.18. The fourth-order valence-electron chi connectivity index (χ4n) is 2.69. The van der Waals surface area contributed by atoms with Crippen LogP contribution in [0.5, 0.6) is 0 Å². The van der Waals surface area contributed by atoms with Crippen LogP contribution < -0.4 is 0 Å². The maximum Gasteiger partial charge on any atom is 0.297 e. The summed E-state index contributed by atoms with van der Waals surface area (Å²) >= 11 is 1.26. The van der Waals surface area contributed by atoms with E-state index in [1.54, 1.807) is 18.3 Å². The van der Waals surface area contributed by atoms with Gasteiger partial charge in [0.1, 0.15) is 5.03 Å². The van der Waals surface area contributed by atoms with Crippen LogP contribution in [0, 0.1) is 0 Å². The van der Waals surface area contributed by atoms with Gasteiger partial charge in [0.15, 0.2) is 11.0 Å². The van der Waals surface area contributed by atoms with Crippen molar-refractivity contribution in [1.29, 1.82) is 0 Å². The van der Waals surface area contributed by atoms with Gasteiger partial charge in [-0.25, -0.2) is 23.7 Å². The minimum Gasteiger partial charge on any atom is -0.322 e. The first-order valence-corrected chi connectivity index (χ1v) is 8.75. The van der Waals surface area contributed by atoms with Crippen molar-refractivity contribution >= 4 is 22.7 Å². The SMILES string of the molecule is Cn1c(-c2ccccc2)cnc1Sc1nc(C(F)F)nc2ccccc12. The van der Waals surface area contributed by atoms with E-state index in [0.29, 0.717) is 15.7 Å². The van der Waals surface area contributed by atoms with Crippen molar-refractivity contribution < 1.29 is 8.78 Å². The number of rotatable bonds is 4. The number of halogens is 2. The van der Waals surface area contributed by atoms with Crippen LogP contribution in [-0.2, 0) is 7.05 Å². The van der Waals surface area contributed by atoms with E-state index in [2.05, 4.69) is 15.0 Å². The second-order valence-corrected chi connectivity index (χ2v) is 6.61. The van der Waals surface area contributed by atoms with Crippen molar-refractivity contribution in [2.24, 2.45) is 7.05 Å². The molecule has 0 aliphatic rings. The first kappa shape index (κ1) is 16.7. The molecule has 0 unspecified atom stereocenters. The molecule has 0 saturated carbocycles. The Kier molecular flexibility index (Phi) is 4.38. The molecule has 0 radical (unpaired) electrons. The third kappa shape index (κ3) is 3.06. The largest absolute Gasteiger partial charge is 0.322 e. The van der Waals surface area contributed by atoms with Gasteiger partial charge in [0, 0.05) is 12.4 Å². The Morgan fingerprint density at radius 1 is 0.962 bits per heavy atom. The van der Waals surface area contributed by atoms with Crippen molar-refractivity contribution in [3.05, 3.63) is 66.6 Å². The highest BCUT2D eigenvalue weighted by Crippen LogP contribution is 2.34. The lowest BCUT2D eigenvalue weighted by molar-refractivity contribution is 0.140. The molecule has 4 nitrogen and oxygen atoms in total. The number of hydrogen-bond donors (Lipinski definition) is 0. The molecule has 2 aromatic heterocycles. The summed E-state index contributed by atoms with van der Waals surface area (Å²) in [6, 6.07) is 17.0. The van der Waals surface area contributed by atoms with E-state index >= 15 is 0 Å². The number of hydrogen-bond acceptors (Lipinski definition) is 4. The van der Waals surface area contributed by atoms with Crippen LogP contribution in [0.4, 0.5) is 8.78 Å². The summed E-state index contributed by atoms with van der Waals surface area (Å²) in [4.78, 5) is 12.5. The Labute approximate surface area is 152 Å². The molecular formula is C19H14F2N4S. The number of para-hydroxylation sites is 1. The second kappa shape index (κ2) is 6.84. The molecule has 0 atom stereocenters. The van der Waals surface area contributed by atoms with E-state index in [0.717, 1.165) is 16.6 Å². The Morgan fingerprint density at radius 3 is 2.46 bits per heavy atom. The molecule has 0 fully saturated rings. The summed E-state index contributed by atoms with van der Waals surface area (Å²) in [5.74, 6) is -0.469. The highest BCUT2D eigenvalue weighted by molar-refractivity contribution is 7.99. The molecule has 0 bridgehead atoms. The van der Waals surface area contributed by atoms with E-state index in [1.807, 2.05) is 54.1 Å². The summed E-state index contributed by atoms with van der Waals surface area (Å²) in [5, 5.41) is 1.87. The third-order valence-electron chi connectivity index (χ3n) is 3.98. The third-order valence-corrected chi connectivity index (χ3v) is 5.05. The molecule has 0 N–H and O–H groups in total. The molecule has 26 heavy (non-hydrogen) atoms. The second-order valence-electron chi connectivity index (χ2n) is 5.66. The van der Waals surface area contributed by atoms with Gasteiger partial charge < -0.3 is 4.57 Å². The number of nitrogens with zero attached hydrogens (tertiary/aromatic N) is 4. The average Bonchev–Trinajstić information content (AvgIpc) is 3.02. The summed E-state index contributed by atoms with van der Waals surface area (Å²) in [6.07, 6.45) is -0.949. The van der Waals surface area contributed by atoms with Crippen LogP contribution in [0.25, 0.3) is 22.2 Å². The van der Waals surface area contributed by atoms with E-state index in [9.17, 15) is 8.78 Å². The van der Waals surface area contributed by atoms with Gasteiger partial charge in [0.05, 0.1) is 17.4 Å². The maximum absolute atomic E-state index is 13.2. The van der Waals surface area contributed by atoms with E-state index in [-0.39, 0.29) is 0 Å². The first-order chi connectivity index (χ1) is 12.6. The van der Waals surface area contributed by atoms with Gasteiger partial charge in [-0.2, -0.15) is 0 Å². The Morgan fingerprint density at radius 2 is 1.69 bits per heavy atom. The lowest BCUT2D eigenvalue weighted by Gasteiger charge is -2.09. The fourth-order valence-corrected chi connectivity index (χ4v) is 3.63. The standard InChI is InChI=1S/C19H14F2N4S/c1-25-15(12-7-3-2-4-8-12)11-22-19(25)26-18-13-9-5-6-10-14(13)23-17(24-18)16(20)21/h2-11,16H,1H3. The molecule has 7 heteroatoms. The quantitative estimate of drug-likeness (QED) is 0.469. The maximum atomic E-state index is 13.2. The first-order valence-electron chi connectivity index (χ1n) is 7.93. The van der Waals surface area contributed by atoms with Crippen molar-refractivity contribution in [3.8, 4) is 11.3 Å². The molecule has 0 aliphatic carbocycles. The van der Waals surface area contributed by atoms with Gasteiger partial charge in [-0.1, -0.05) is 48.5 Å². The molecule has 4 rings (SSSR count). The number of aromatic nitrogens is 4. The smallest absolute Gasteiger partial charge is 0.297 e. The normalized spacial score (nSPS) is 11.4. The minimum atomic E-state index is -2.72. The van der Waals surface area contributed by atoms with E-state index in [4.69, 9.17) is 0 Å². The average molecular weight is 368 g/mol. The molecule has 0 amide bonds. The van der Waals surface area contributed by atoms with Crippen LogP contribution in [0.3, 0.4) is 0 Å². The van der Waals surface area contributed by atoms with Crippen molar-refractivity contribution in [1.82, 2.24) is 19.5 Å². The Hall–Kier alpha value is -2.80. The van der Waals surface area contributed by atoms with Gasteiger partial charge in [0.2, 0.25) is 0 Å². The Bertz CT molecular complexity index is 1060. The predicted molar refractivity (Wildman–Crippen MR) is 97.3 cm³/mol. The molecule has 4 aromatic rings. The molecule has 0 aliphatic heterocycles. The summed E-state index contributed by atoms with van der Waals surface area (Å²) < 4.78 is 28.3. The molecule has 130 valence electrons. The zero-order chi connectivity index (χ0) is 18.1. The number of imidazole rings is 1. The summed E-state index contributed by atoms with van der Waals surface area (Å²) in [6.45, 7) is 0.